The van der Waals surface area contributed by atoms with Crippen molar-refractivity contribution in [1.29, 1.82) is 0 Å². The lowest BCUT2D eigenvalue weighted by Gasteiger charge is -2.10. The van der Waals surface area contributed by atoms with E-state index in [1.165, 1.54) is 54.6 Å². The van der Waals surface area contributed by atoms with Crippen molar-refractivity contribution < 1.29 is 39.9 Å². The monoisotopic (exact) mass is 510 g/mol. The first kappa shape index (κ1) is 25.6. The third-order valence-electron chi connectivity index (χ3n) is 5.44. The quantitative estimate of drug-likeness (QED) is 0.148. The molecule has 0 amide bonds. The number of allylic oxidation sites excluding steroid dienone is 2. The summed E-state index contributed by atoms with van der Waals surface area (Å²) in [7, 11) is 0. The average Bonchev–Trinajstić information content (AvgIpc) is 2.89. The van der Waals surface area contributed by atoms with Crippen LogP contribution in [0.4, 0.5) is 0 Å². The molecule has 4 aromatic rings. The van der Waals surface area contributed by atoms with Crippen LogP contribution in [0, 0.1) is 0 Å². The summed E-state index contributed by atoms with van der Waals surface area (Å²) < 4.78 is 5.69. The molecule has 0 fully saturated rings. The van der Waals surface area contributed by atoms with Gasteiger partial charge in [0.05, 0.1) is 11.1 Å². The summed E-state index contributed by atoms with van der Waals surface area (Å²) >= 11 is 0. The predicted molar refractivity (Wildman–Crippen MR) is 141 cm³/mol. The molecule has 0 unspecified atom stereocenters. The number of rotatable bonds is 8. The summed E-state index contributed by atoms with van der Waals surface area (Å²) in [6, 6.07) is 18.6. The number of phenols is 5. The Labute approximate surface area is 217 Å². The first-order valence-electron chi connectivity index (χ1n) is 11.3. The molecule has 0 saturated heterocycles. The van der Waals surface area contributed by atoms with E-state index in [-0.39, 0.29) is 39.9 Å². The van der Waals surface area contributed by atoms with Crippen LogP contribution in [-0.2, 0) is 0 Å². The fourth-order valence-corrected chi connectivity index (χ4v) is 3.45. The molecule has 0 atom stereocenters. The van der Waals surface area contributed by atoms with E-state index in [4.69, 9.17) is 4.74 Å². The van der Waals surface area contributed by atoms with Gasteiger partial charge in [0, 0.05) is 12.1 Å². The Morgan fingerprint density at radius 2 is 1.08 bits per heavy atom. The molecule has 0 aliphatic heterocycles. The van der Waals surface area contributed by atoms with Crippen LogP contribution >= 0.6 is 0 Å². The SMILES string of the molecule is O=C(/C=C/c1ccc(Oc2cc(C(=O)/C=C/c3ccc(O)cc3)c(O)cc2O)cc1)c1ccc(O)cc1O. The molecule has 4 aromatic carbocycles. The van der Waals surface area contributed by atoms with Crippen molar-refractivity contribution in [3.05, 3.63) is 113 Å². The number of benzene rings is 4. The molecule has 0 heterocycles. The minimum atomic E-state index is -0.523. The number of ketones is 2. The van der Waals surface area contributed by atoms with Crippen molar-refractivity contribution in [3.63, 3.8) is 0 Å². The van der Waals surface area contributed by atoms with Crippen LogP contribution in [-0.4, -0.2) is 37.1 Å². The molecule has 0 radical (unpaired) electrons. The van der Waals surface area contributed by atoms with Crippen molar-refractivity contribution >= 4 is 23.7 Å². The van der Waals surface area contributed by atoms with Crippen LogP contribution in [0.3, 0.4) is 0 Å². The number of ether oxygens (including phenoxy) is 1. The second-order valence-electron chi connectivity index (χ2n) is 8.20. The fourth-order valence-electron chi connectivity index (χ4n) is 3.45. The lowest BCUT2D eigenvalue weighted by atomic mass is 10.1. The summed E-state index contributed by atoms with van der Waals surface area (Å²) in [6.07, 6.45) is 5.59. The molecule has 8 heteroatoms. The first-order chi connectivity index (χ1) is 18.2. The van der Waals surface area contributed by atoms with Gasteiger partial charge in [0.2, 0.25) is 0 Å². The van der Waals surface area contributed by atoms with Gasteiger partial charge in [0.15, 0.2) is 23.1 Å². The number of carbonyl (C=O) groups is 2. The number of aromatic hydroxyl groups is 5. The van der Waals surface area contributed by atoms with Gasteiger partial charge in [-0.2, -0.15) is 0 Å². The zero-order chi connectivity index (χ0) is 27.2. The summed E-state index contributed by atoms with van der Waals surface area (Å²) in [5, 5.41) is 48.9. The second kappa shape index (κ2) is 11.0. The Morgan fingerprint density at radius 3 is 1.68 bits per heavy atom. The van der Waals surface area contributed by atoms with Crippen molar-refractivity contribution in [3.8, 4) is 40.2 Å². The Bertz CT molecular complexity index is 1550. The Morgan fingerprint density at radius 1 is 0.553 bits per heavy atom. The number of hydrogen-bond donors (Lipinski definition) is 5. The van der Waals surface area contributed by atoms with E-state index in [1.807, 2.05) is 0 Å². The van der Waals surface area contributed by atoms with Crippen LogP contribution in [0.25, 0.3) is 12.2 Å². The second-order valence-corrected chi connectivity index (χ2v) is 8.20. The highest BCUT2D eigenvalue weighted by atomic mass is 16.5. The van der Waals surface area contributed by atoms with Crippen LogP contribution in [0.5, 0.6) is 40.2 Å². The van der Waals surface area contributed by atoms with Gasteiger partial charge in [-0.05, 0) is 65.7 Å². The molecular weight excluding hydrogens is 488 g/mol. The summed E-state index contributed by atoms with van der Waals surface area (Å²) in [6.45, 7) is 0. The normalized spacial score (nSPS) is 11.2. The van der Waals surface area contributed by atoms with Gasteiger partial charge in [0.1, 0.15) is 28.7 Å². The lowest BCUT2D eigenvalue weighted by Crippen LogP contribution is -1.97. The molecule has 0 saturated carbocycles. The van der Waals surface area contributed by atoms with Gasteiger partial charge in [-0.1, -0.05) is 36.4 Å². The standard InChI is InChI=1S/C30H22O8/c31-20-7-1-18(2-8-20)6-14-26(34)24-16-30(29(37)17-28(24)36)38-22-10-3-19(4-11-22)5-13-25(33)23-12-9-21(32)15-27(23)35/h1-17,31-32,35-37H/b13-5+,14-6+. The molecule has 0 aliphatic carbocycles. The van der Waals surface area contributed by atoms with Crippen LogP contribution < -0.4 is 4.74 Å². The maximum absolute atomic E-state index is 12.6. The van der Waals surface area contributed by atoms with Crippen LogP contribution in [0.1, 0.15) is 31.8 Å². The maximum Gasteiger partial charge on any atom is 0.189 e. The van der Waals surface area contributed by atoms with Crippen LogP contribution in [0.15, 0.2) is 91.0 Å². The highest BCUT2D eigenvalue weighted by molar-refractivity contribution is 6.09. The number of hydrogen-bond acceptors (Lipinski definition) is 8. The molecule has 8 nitrogen and oxygen atoms in total. The molecule has 0 bridgehead atoms. The van der Waals surface area contributed by atoms with Gasteiger partial charge in [0.25, 0.3) is 0 Å². The molecular formula is C30H22O8. The molecule has 190 valence electrons. The molecule has 4 rings (SSSR count). The summed E-state index contributed by atoms with van der Waals surface area (Å²) in [5.41, 5.74) is 1.28. The van der Waals surface area contributed by atoms with Crippen molar-refractivity contribution in [1.82, 2.24) is 0 Å². The third-order valence-corrected chi connectivity index (χ3v) is 5.44. The number of phenolic OH excluding ortho intramolecular Hbond substituents is 5. The van der Waals surface area contributed by atoms with E-state index in [9.17, 15) is 35.1 Å². The van der Waals surface area contributed by atoms with E-state index in [0.29, 0.717) is 16.9 Å². The zero-order valence-corrected chi connectivity index (χ0v) is 19.8. The van der Waals surface area contributed by atoms with E-state index >= 15 is 0 Å². The van der Waals surface area contributed by atoms with E-state index in [1.54, 1.807) is 36.4 Å². The average molecular weight is 510 g/mol. The van der Waals surface area contributed by atoms with E-state index < -0.39 is 17.3 Å². The van der Waals surface area contributed by atoms with E-state index in [0.717, 1.165) is 12.1 Å². The first-order valence-corrected chi connectivity index (χ1v) is 11.3. The van der Waals surface area contributed by atoms with E-state index in [2.05, 4.69) is 0 Å². The van der Waals surface area contributed by atoms with Gasteiger partial charge < -0.3 is 30.3 Å². The third kappa shape index (κ3) is 6.19. The molecule has 0 spiro atoms. The summed E-state index contributed by atoms with van der Waals surface area (Å²) in [5.74, 6) is -1.87. The smallest absolute Gasteiger partial charge is 0.189 e. The fraction of sp³-hybridized carbons (Fsp3) is 0. The molecule has 0 aromatic heterocycles. The highest BCUT2D eigenvalue weighted by Crippen LogP contribution is 2.36. The topological polar surface area (TPSA) is 145 Å². The van der Waals surface area contributed by atoms with Gasteiger partial charge in [-0.3, -0.25) is 9.59 Å². The van der Waals surface area contributed by atoms with Gasteiger partial charge >= 0.3 is 0 Å². The lowest BCUT2D eigenvalue weighted by molar-refractivity contribution is 0.103. The van der Waals surface area contributed by atoms with Crippen LogP contribution in [0.2, 0.25) is 0 Å². The van der Waals surface area contributed by atoms with Gasteiger partial charge in [-0.15, -0.1) is 0 Å². The maximum atomic E-state index is 12.6. The van der Waals surface area contributed by atoms with Crippen molar-refractivity contribution in [2.75, 3.05) is 0 Å². The Balaban J connectivity index is 1.46. The minimum Gasteiger partial charge on any atom is -0.508 e. The summed E-state index contributed by atoms with van der Waals surface area (Å²) in [4.78, 5) is 24.9. The zero-order valence-electron chi connectivity index (χ0n) is 19.8. The molecule has 5 N–H and O–H groups in total. The Kier molecular flexibility index (Phi) is 7.44. The highest BCUT2D eigenvalue weighted by Gasteiger charge is 2.15. The van der Waals surface area contributed by atoms with Crippen molar-refractivity contribution in [2.45, 2.75) is 0 Å². The predicted octanol–water partition coefficient (Wildman–Crippen LogP) is 5.80. The molecule has 0 aliphatic rings. The molecule has 38 heavy (non-hydrogen) atoms. The Hall–Kier alpha value is -5.50. The largest absolute Gasteiger partial charge is 0.508 e. The number of carbonyl (C=O) groups excluding carboxylic acids is 2. The van der Waals surface area contributed by atoms with Crippen molar-refractivity contribution in [2.24, 2.45) is 0 Å². The minimum absolute atomic E-state index is 0.0464. The van der Waals surface area contributed by atoms with Gasteiger partial charge in [-0.25, -0.2) is 0 Å².